The summed E-state index contributed by atoms with van der Waals surface area (Å²) in [6, 6.07) is 9.61. The second-order valence-electron chi connectivity index (χ2n) is 5.24. The smallest absolute Gasteiger partial charge is 0.375 e. The molecule has 1 amide bonds. The Labute approximate surface area is 135 Å². The lowest BCUT2D eigenvalue weighted by Gasteiger charge is -2.31. The number of nitriles is 1. The van der Waals surface area contributed by atoms with Crippen LogP contribution in [0.3, 0.4) is 0 Å². The normalized spacial score (nSPS) is 13.8. The molecule has 0 aliphatic heterocycles. The Bertz CT molecular complexity index is 778. The van der Waals surface area contributed by atoms with Gasteiger partial charge in [-0.05, 0) is 11.6 Å². The number of halogens is 3. The molecule has 1 aromatic carbocycles. The van der Waals surface area contributed by atoms with E-state index in [0.717, 1.165) is 12.1 Å². The highest BCUT2D eigenvalue weighted by Gasteiger charge is 2.55. The van der Waals surface area contributed by atoms with Crippen molar-refractivity contribution in [3.63, 3.8) is 0 Å². The summed E-state index contributed by atoms with van der Waals surface area (Å²) in [7, 11) is 1.49. The van der Waals surface area contributed by atoms with Crippen molar-refractivity contribution in [1.29, 1.82) is 5.26 Å². The van der Waals surface area contributed by atoms with Crippen LogP contribution in [0.5, 0.6) is 0 Å². The zero-order valence-electron chi connectivity index (χ0n) is 12.6. The SMILES string of the molecule is Cn1cc(C#N)cc1C(=O)NC[C@@](O)(c1ccccc1)C(F)(F)F. The maximum Gasteiger partial charge on any atom is 0.423 e. The molecular weight excluding hydrogens is 323 g/mol. The minimum atomic E-state index is -4.98. The van der Waals surface area contributed by atoms with Crippen molar-refractivity contribution in [3.05, 3.63) is 59.4 Å². The summed E-state index contributed by atoms with van der Waals surface area (Å²) >= 11 is 0. The predicted molar refractivity (Wildman–Crippen MR) is 78.9 cm³/mol. The van der Waals surface area contributed by atoms with Crippen LogP contribution in [0.25, 0.3) is 0 Å². The molecule has 0 radical (unpaired) electrons. The Morgan fingerprint density at radius 3 is 2.46 bits per heavy atom. The molecule has 0 unspecified atom stereocenters. The quantitative estimate of drug-likeness (QED) is 0.897. The average Bonchev–Trinajstić information content (AvgIpc) is 2.93. The largest absolute Gasteiger partial charge is 0.423 e. The fraction of sp³-hybridized carbons (Fsp3) is 0.250. The van der Waals surface area contributed by atoms with Crippen molar-refractivity contribution in [1.82, 2.24) is 9.88 Å². The molecule has 0 bridgehead atoms. The Morgan fingerprint density at radius 1 is 1.33 bits per heavy atom. The number of hydrogen-bond acceptors (Lipinski definition) is 3. The monoisotopic (exact) mass is 337 g/mol. The first-order chi connectivity index (χ1) is 11.2. The number of aromatic nitrogens is 1. The summed E-state index contributed by atoms with van der Waals surface area (Å²) in [5.41, 5.74) is -3.36. The number of aryl methyl sites for hydroxylation is 1. The third-order valence-corrected chi connectivity index (χ3v) is 3.59. The van der Waals surface area contributed by atoms with Gasteiger partial charge in [-0.3, -0.25) is 4.79 Å². The standard InChI is InChI=1S/C16H14F3N3O2/c1-22-9-11(8-20)7-13(22)14(23)21-10-15(24,16(17,18)19)12-5-3-2-4-6-12/h2-7,9,24H,10H2,1H3,(H,21,23)/t15-/m1/s1. The van der Waals surface area contributed by atoms with Gasteiger partial charge in [-0.15, -0.1) is 0 Å². The van der Waals surface area contributed by atoms with Crippen LogP contribution in [0.1, 0.15) is 21.6 Å². The Balaban J connectivity index is 2.24. The molecule has 5 nitrogen and oxygen atoms in total. The minimum absolute atomic E-state index is 0.0177. The van der Waals surface area contributed by atoms with Gasteiger partial charge in [0, 0.05) is 13.2 Å². The van der Waals surface area contributed by atoms with Gasteiger partial charge in [-0.1, -0.05) is 30.3 Å². The zero-order valence-corrected chi connectivity index (χ0v) is 12.6. The van der Waals surface area contributed by atoms with Gasteiger partial charge in [0.25, 0.3) is 5.91 Å². The lowest BCUT2D eigenvalue weighted by atomic mass is 9.93. The van der Waals surface area contributed by atoms with Crippen LogP contribution >= 0.6 is 0 Å². The third-order valence-electron chi connectivity index (χ3n) is 3.59. The van der Waals surface area contributed by atoms with Gasteiger partial charge in [0.1, 0.15) is 11.8 Å². The first-order valence-electron chi connectivity index (χ1n) is 6.88. The number of benzene rings is 1. The van der Waals surface area contributed by atoms with Crippen LogP contribution in [0.2, 0.25) is 0 Å². The van der Waals surface area contributed by atoms with Crippen LogP contribution in [-0.4, -0.2) is 28.3 Å². The van der Waals surface area contributed by atoms with Crippen LogP contribution < -0.4 is 5.32 Å². The molecular formula is C16H14F3N3O2. The molecule has 1 heterocycles. The Hall–Kier alpha value is -2.79. The van der Waals surface area contributed by atoms with E-state index in [0.29, 0.717) is 0 Å². The highest BCUT2D eigenvalue weighted by atomic mass is 19.4. The molecule has 0 fully saturated rings. The maximum absolute atomic E-state index is 13.3. The second-order valence-corrected chi connectivity index (χ2v) is 5.24. The molecule has 0 aliphatic carbocycles. The van der Waals surface area contributed by atoms with Gasteiger partial charge in [-0.2, -0.15) is 18.4 Å². The van der Waals surface area contributed by atoms with Gasteiger partial charge in [0.05, 0.1) is 12.1 Å². The highest BCUT2D eigenvalue weighted by Crippen LogP contribution is 2.38. The molecule has 0 saturated carbocycles. The van der Waals surface area contributed by atoms with Crippen molar-refractivity contribution in [2.24, 2.45) is 7.05 Å². The molecule has 2 rings (SSSR count). The topological polar surface area (TPSA) is 78.0 Å². The van der Waals surface area contributed by atoms with Gasteiger partial charge < -0.3 is 15.0 Å². The number of nitrogens with one attached hydrogen (secondary N) is 1. The summed E-state index contributed by atoms with van der Waals surface area (Å²) in [4.78, 5) is 12.1. The van der Waals surface area contributed by atoms with E-state index in [-0.39, 0.29) is 16.8 Å². The third kappa shape index (κ3) is 3.26. The summed E-state index contributed by atoms with van der Waals surface area (Å²) < 4.78 is 41.3. The van der Waals surface area contributed by atoms with Gasteiger partial charge >= 0.3 is 6.18 Å². The van der Waals surface area contributed by atoms with Crippen molar-refractivity contribution >= 4 is 5.91 Å². The first-order valence-corrected chi connectivity index (χ1v) is 6.88. The summed E-state index contributed by atoms with van der Waals surface area (Å²) in [5, 5.41) is 21.0. The molecule has 0 aliphatic rings. The number of carbonyl (C=O) groups is 1. The molecule has 8 heteroatoms. The van der Waals surface area contributed by atoms with Crippen molar-refractivity contribution in [3.8, 4) is 6.07 Å². The number of nitrogens with zero attached hydrogens (tertiary/aromatic N) is 2. The Morgan fingerprint density at radius 2 is 1.96 bits per heavy atom. The summed E-state index contributed by atoms with van der Waals surface area (Å²) in [5.74, 6) is -0.822. The summed E-state index contributed by atoms with van der Waals surface area (Å²) in [6.45, 7) is -1.05. The molecule has 126 valence electrons. The van der Waals surface area contributed by atoms with Crippen LogP contribution in [0.15, 0.2) is 42.6 Å². The minimum Gasteiger partial charge on any atom is -0.375 e. The van der Waals surface area contributed by atoms with Crippen LogP contribution in [0.4, 0.5) is 13.2 Å². The van der Waals surface area contributed by atoms with E-state index < -0.39 is 24.2 Å². The van der Waals surface area contributed by atoms with Crippen LogP contribution in [-0.2, 0) is 12.6 Å². The average molecular weight is 337 g/mol. The van der Waals surface area contributed by atoms with E-state index >= 15 is 0 Å². The zero-order chi connectivity index (χ0) is 18.0. The predicted octanol–water partition coefficient (Wildman–Crippen LogP) is 2.08. The highest BCUT2D eigenvalue weighted by molar-refractivity contribution is 5.93. The van der Waals surface area contributed by atoms with Gasteiger partial charge in [0.15, 0.2) is 0 Å². The van der Waals surface area contributed by atoms with E-state index in [4.69, 9.17) is 5.26 Å². The number of amides is 1. The number of aliphatic hydroxyl groups is 1. The molecule has 0 spiro atoms. The van der Waals surface area contributed by atoms with E-state index in [2.05, 4.69) is 5.32 Å². The molecule has 1 aromatic heterocycles. The second kappa shape index (κ2) is 6.37. The maximum atomic E-state index is 13.3. The first kappa shape index (κ1) is 17.6. The molecule has 2 aromatic rings. The molecule has 1 atom stereocenters. The molecule has 0 saturated heterocycles. The fourth-order valence-corrected chi connectivity index (χ4v) is 2.23. The lowest BCUT2D eigenvalue weighted by Crippen LogP contribution is -2.51. The van der Waals surface area contributed by atoms with E-state index in [1.807, 2.05) is 6.07 Å². The summed E-state index contributed by atoms with van der Waals surface area (Å²) in [6.07, 6.45) is -3.60. The number of rotatable bonds is 4. The van der Waals surface area contributed by atoms with Gasteiger partial charge in [-0.25, -0.2) is 0 Å². The number of alkyl halides is 3. The lowest BCUT2D eigenvalue weighted by molar-refractivity contribution is -0.263. The van der Waals surface area contributed by atoms with Crippen molar-refractivity contribution < 1.29 is 23.1 Å². The molecule has 24 heavy (non-hydrogen) atoms. The Kier molecular flexibility index (Phi) is 4.66. The van der Waals surface area contributed by atoms with Crippen LogP contribution in [0, 0.1) is 11.3 Å². The van der Waals surface area contributed by atoms with Gasteiger partial charge in [0.2, 0.25) is 5.60 Å². The van der Waals surface area contributed by atoms with E-state index in [1.165, 1.54) is 42.1 Å². The van der Waals surface area contributed by atoms with Crippen molar-refractivity contribution in [2.75, 3.05) is 6.54 Å². The molecule has 2 N–H and O–H groups in total. The fourth-order valence-electron chi connectivity index (χ4n) is 2.23. The number of hydrogen-bond donors (Lipinski definition) is 2. The number of carbonyl (C=O) groups excluding carboxylic acids is 1. The van der Waals surface area contributed by atoms with Crippen molar-refractivity contribution in [2.45, 2.75) is 11.8 Å². The van der Waals surface area contributed by atoms with E-state index in [1.54, 1.807) is 0 Å². The van der Waals surface area contributed by atoms with E-state index in [9.17, 15) is 23.1 Å².